The summed E-state index contributed by atoms with van der Waals surface area (Å²) >= 11 is 0. The zero-order valence-corrected chi connectivity index (χ0v) is 12.3. The number of hydrogen-bond donors (Lipinski definition) is 0. The highest BCUT2D eigenvalue weighted by atomic mass is 16.7. The van der Waals surface area contributed by atoms with E-state index in [1.54, 1.807) is 0 Å². The normalized spacial score (nSPS) is 18.1. The van der Waals surface area contributed by atoms with Gasteiger partial charge in [-0.05, 0) is 19.2 Å². The van der Waals surface area contributed by atoms with E-state index < -0.39 is 0 Å². The lowest BCUT2D eigenvalue weighted by atomic mass is 10.3. The van der Waals surface area contributed by atoms with Crippen LogP contribution in [0.2, 0.25) is 0 Å². The van der Waals surface area contributed by atoms with Crippen molar-refractivity contribution in [2.45, 2.75) is 0 Å². The number of piperazine rings is 1. The third-order valence-corrected chi connectivity index (χ3v) is 3.68. The molecule has 2 heterocycles. The quantitative estimate of drug-likeness (QED) is 0.777. The topological polar surface area (TPSA) is 34.2 Å². The predicted molar refractivity (Wildman–Crippen MR) is 79.8 cm³/mol. The number of likely N-dealkylation sites (N-methyl/N-ethyl adjacent to an activating group) is 1. The Morgan fingerprint density at radius 1 is 1.10 bits per heavy atom. The minimum absolute atomic E-state index is 0.281. The Morgan fingerprint density at radius 3 is 2.76 bits per heavy atom. The SMILES string of the molecule is CN1CCN(CC#CCOc2ccc3c(c2)OCO3)CC1. The van der Waals surface area contributed by atoms with Crippen LogP contribution in [0, 0.1) is 11.8 Å². The van der Waals surface area contributed by atoms with Gasteiger partial charge in [0, 0.05) is 32.2 Å². The minimum Gasteiger partial charge on any atom is -0.481 e. The van der Waals surface area contributed by atoms with Gasteiger partial charge in [0.05, 0.1) is 6.54 Å². The monoisotopic (exact) mass is 288 g/mol. The number of hydrogen-bond acceptors (Lipinski definition) is 5. The lowest BCUT2D eigenvalue weighted by molar-refractivity contribution is 0.168. The molecule has 0 aliphatic carbocycles. The fourth-order valence-electron chi connectivity index (χ4n) is 2.31. The molecular formula is C16H20N2O3. The van der Waals surface area contributed by atoms with Gasteiger partial charge in [-0.3, -0.25) is 4.90 Å². The molecule has 112 valence electrons. The molecule has 0 bridgehead atoms. The maximum atomic E-state index is 5.60. The molecule has 1 saturated heterocycles. The summed E-state index contributed by atoms with van der Waals surface area (Å²) in [4.78, 5) is 4.71. The molecule has 0 atom stereocenters. The zero-order valence-electron chi connectivity index (χ0n) is 12.3. The van der Waals surface area contributed by atoms with E-state index in [0.717, 1.165) is 50.0 Å². The Kier molecular flexibility index (Phi) is 4.49. The Balaban J connectivity index is 1.41. The van der Waals surface area contributed by atoms with Crippen LogP contribution in [-0.2, 0) is 0 Å². The smallest absolute Gasteiger partial charge is 0.231 e. The van der Waals surface area contributed by atoms with E-state index in [4.69, 9.17) is 14.2 Å². The van der Waals surface area contributed by atoms with Gasteiger partial charge >= 0.3 is 0 Å². The summed E-state index contributed by atoms with van der Waals surface area (Å²) in [5, 5.41) is 0. The zero-order chi connectivity index (χ0) is 14.5. The fraction of sp³-hybridized carbons (Fsp3) is 0.500. The summed E-state index contributed by atoms with van der Waals surface area (Å²) < 4.78 is 16.2. The second-order valence-corrected chi connectivity index (χ2v) is 5.24. The van der Waals surface area contributed by atoms with Crippen LogP contribution < -0.4 is 14.2 Å². The highest BCUT2D eigenvalue weighted by Gasteiger charge is 2.13. The van der Waals surface area contributed by atoms with Crippen LogP contribution in [0.5, 0.6) is 17.2 Å². The van der Waals surface area contributed by atoms with E-state index in [9.17, 15) is 0 Å². The maximum Gasteiger partial charge on any atom is 0.231 e. The van der Waals surface area contributed by atoms with Crippen molar-refractivity contribution < 1.29 is 14.2 Å². The van der Waals surface area contributed by atoms with Crippen LogP contribution in [0.25, 0.3) is 0 Å². The molecule has 0 saturated carbocycles. The van der Waals surface area contributed by atoms with E-state index in [1.807, 2.05) is 18.2 Å². The predicted octanol–water partition coefficient (Wildman–Crippen LogP) is 1.04. The summed E-state index contributed by atoms with van der Waals surface area (Å²) in [6.07, 6.45) is 0. The van der Waals surface area contributed by atoms with Gasteiger partial charge in [-0.2, -0.15) is 0 Å². The van der Waals surface area contributed by atoms with Crippen LogP contribution in [-0.4, -0.2) is 63.0 Å². The molecule has 0 aromatic heterocycles. The third-order valence-electron chi connectivity index (χ3n) is 3.68. The number of benzene rings is 1. The third kappa shape index (κ3) is 3.81. The summed E-state index contributed by atoms with van der Waals surface area (Å²) in [6, 6.07) is 5.56. The van der Waals surface area contributed by atoms with Crippen molar-refractivity contribution in [3.63, 3.8) is 0 Å². The molecule has 1 aromatic rings. The van der Waals surface area contributed by atoms with Gasteiger partial charge in [-0.1, -0.05) is 11.8 Å². The Bertz CT molecular complexity index is 542. The summed E-state index contributed by atoms with van der Waals surface area (Å²) in [5.41, 5.74) is 0. The van der Waals surface area contributed by atoms with Crippen molar-refractivity contribution in [1.29, 1.82) is 0 Å². The molecule has 21 heavy (non-hydrogen) atoms. The van der Waals surface area contributed by atoms with Crippen LogP contribution >= 0.6 is 0 Å². The van der Waals surface area contributed by atoms with Gasteiger partial charge in [0.15, 0.2) is 11.5 Å². The van der Waals surface area contributed by atoms with Gasteiger partial charge < -0.3 is 19.1 Å². The molecule has 3 rings (SSSR count). The van der Waals surface area contributed by atoms with Crippen LogP contribution in [0.3, 0.4) is 0 Å². The Labute approximate surface area is 125 Å². The van der Waals surface area contributed by atoms with Crippen molar-refractivity contribution >= 4 is 0 Å². The maximum absolute atomic E-state index is 5.60. The molecular weight excluding hydrogens is 268 g/mol. The van der Waals surface area contributed by atoms with E-state index in [-0.39, 0.29) is 6.79 Å². The van der Waals surface area contributed by atoms with Gasteiger partial charge in [-0.15, -0.1) is 0 Å². The Morgan fingerprint density at radius 2 is 1.90 bits per heavy atom. The average Bonchev–Trinajstić information content (AvgIpc) is 2.96. The highest BCUT2D eigenvalue weighted by molar-refractivity contribution is 5.46. The second kappa shape index (κ2) is 6.70. The molecule has 0 radical (unpaired) electrons. The van der Waals surface area contributed by atoms with E-state index in [2.05, 4.69) is 28.7 Å². The van der Waals surface area contributed by atoms with Crippen molar-refractivity contribution in [2.24, 2.45) is 0 Å². The molecule has 5 nitrogen and oxygen atoms in total. The Hall–Kier alpha value is -1.90. The summed E-state index contributed by atoms with van der Waals surface area (Å²) in [5.74, 6) is 8.49. The van der Waals surface area contributed by atoms with Gasteiger partial charge in [0.25, 0.3) is 0 Å². The molecule has 2 aliphatic rings. The summed E-state index contributed by atoms with van der Waals surface area (Å²) in [7, 11) is 2.15. The molecule has 1 fully saturated rings. The minimum atomic E-state index is 0.281. The van der Waals surface area contributed by atoms with Crippen molar-refractivity contribution in [3.8, 4) is 29.1 Å². The number of ether oxygens (including phenoxy) is 3. The van der Waals surface area contributed by atoms with Gasteiger partial charge in [0.1, 0.15) is 12.4 Å². The number of rotatable bonds is 3. The fourth-order valence-corrected chi connectivity index (χ4v) is 2.31. The molecule has 2 aliphatic heterocycles. The van der Waals surface area contributed by atoms with Crippen molar-refractivity contribution in [3.05, 3.63) is 18.2 Å². The number of fused-ring (bicyclic) bond motifs is 1. The van der Waals surface area contributed by atoms with Crippen LogP contribution in [0.1, 0.15) is 0 Å². The first-order chi connectivity index (χ1) is 10.3. The largest absolute Gasteiger partial charge is 0.481 e. The highest BCUT2D eigenvalue weighted by Crippen LogP contribution is 2.34. The lowest BCUT2D eigenvalue weighted by Gasteiger charge is -2.30. The van der Waals surface area contributed by atoms with Crippen molar-refractivity contribution in [1.82, 2.24) is 9.80 Å². The molecule has 0 unspecified atom stereocenters. The number of nitrogens with zero attached hydrogens (tertiary/aromatic N) is 2. The van der Waals surface area contributed by atoms with Gasteiger partial charge in [0.2, 0.25) is 6.79 Å². The van der Waals surface area contributed by atoms with Crippen LogP contribution in [0.15, 0.2) is 18.2 Å². The van der Waals surface area contributed by atoms with E-state index in [1.165, 1.54) is 0 Å². The van der Waals surface area contributed by atoms with E-state index in [0.29, 0.717) is 6.61 Å². The lowest BCUT2D eigenvalue weighted by Crippen LogP contribution is -2.44. The van der Waals surface area contributed by atoms with Gasteiger partial charge in [-0.25, -0.2) is 0 Å². The van der Waals surface area contributed by atoms with E-state index >= 15 is 0 Å². The van der Waals surface area contributed by atoms with Crippen LogP contribution in [0.4, 0.5) is 0 Å². The molecule has 0 amide bonds. The first-order valence-electron chi connectivity index (χ1n) is 7.20. The molecule has 1 aromatic carbocycles. The molecule has 0 spiro atoms. The van der Waals surface area contributed by atoms with Crippen molar-refractivity contribution in [2.75, 3.05) is 53.2 Å². The second-order valence-electron chi connectivity index (χ2n) is 5.24. The first kappa shape index (κ1) is 14.1. The first-order valence-corrected chi connectivity index (χ1v) is 7.20. The average molecular weight is 288 g/mol. The summed E-state index contributed by atoms with van der Waals surface area (Å²) in [6.45, 7) is 5.92. The molecule has 5 heteroatoms. The standard InChI is InChI=1S/C16H20N2O3/c1-17-7-9-18(10-8-17)6-2-3-11-19-14-4-5-15-16(12-14)21-13-20-15/h4-5,12H,6-11,13H2,1H3. The molecule has 0 N–H and O–H groups in total.